The second-order valence-corrected chi connectivity index (χ2v) is 23.9. The number of aliphatic hydroxyl groups is 6. The van der Waals surface area contributed by atoms with Gasteiger partial charge in [0, 0.05) is 55.9 Å². The first-order valence-electron chi connectivity index (χ1n) is 32.6. The number of carbonyl (C=O) groups excluding carboxylic acids is 2. The molecule has 6 N–H and O–H groups in total. The van der Waals surface area contributed by atoms with E-state index in [2.05, 4.69) is 26.3 Å². The number of hydrogen-bond acceptors (Lipinski definition) is 23. The van der Waals surface area contributed by atoms with Gasteiger partial charge < -0.3 is 35.5 Å². The van der Waals surface area contributed by atoms with Crippen LogP contribution in [0.2, 0.25) is 0 Å². The van der Waals surface area contributed by atoms with E-state index in [4.69, 9.17) is 0 Å². The van der Waals surface area contributed by atoms with E-state index in [9.17, 15) is 112 Å². The Morgan fingerprint density at radius 2 is 0.456 bits per heavy atom. The summed E-state index contributed by atoms with van der Waals surface area (Å²) < 4.78 is 13.0. The Morgan fingerprint density at radius 3 is 0.680 bits per heavy atom. The number of hydrogen-bond donors (Lipinski definition) is 6. The van der Waals surface area contributed by atoms with Gasteiger partial charge in [0.2, 0.25) is 0 Å². The first kappa shape index (κ1) is 90.7. The molecule has 0 saturated carbocycles. The van der Waals surface area contributed by atoms with Crippen LogP contribution in [0.3, 0.4) is 0 Å². The van der Waals surface area contributed by atoms with Gasteiger partial charge in [-0.2, -0.15) is 0 Å². The number of β-amino-alcohol motifs (C(OH)–C–C–N with tert-alkyl or cyclic N) is 2. The maximum Gasteiger partial charge on any atom is 0.336 e. The molecular weight excluding hydrogens is 1360 g/mol. The molecule has 0 spiro atoms. The van der Waals surface area contributed by atoms with E-state index in [0.717, 1.165) is 73.4 Å². The molecule has 3 amide bonds. The number of carbonyl (C=O) groups is 2. The van der Waals surface area contributed by atoms with Crippen molar-refractivity contribution in [2.45, 2.75) is 188 Å². The molecule has 1 aliphatic rings. The minimum Gasteiger partial charge on any atom is -0.391 e. The average Bonchev–Trinajstić information content (AvgIpc) is 1.72. The van der Waals surface area contributed by atoms with E-state index in [-0.39, 0.29) is 71.4 Å². The molecule has 103 heavy (non-hydrogen) atoms. The van der Waals surface area contributed by atoms with Crippen molar-refractivity contribution in [2.75, 3.05) is 13.1 Å². The quantitative estimate of drug-likeness (QED) is 0.0221. The summed E-state index contributed by atoms with van der Waals surface area (Å²) >= 11 is 0. The van der Waals surface area contributed by atoms with Crippen LogP contribution in [0, 0.1) is 0 Å². The van der Waals surface area contributed by atoms with Gasteiger partial charge in [0.15, 0.2) is 0 Å². The maximum absolute atomic E-state index is 12.3. The number of amides is 3. The fourth-order valence-corrected chi connectivity index (χ4v) is 9.12. The van der Waals surface area contributed by atoms with Gasteiger partial charge >= 0.3 is 91.4 Å². The predicted octanol–water partition coefficient (Wildman–Crippen LogP) is -6.98. The Hall–Kier alpha value is -10.3. The van der Waals surface area contributed by atoms with Crippen molar-refractivity contribution in [3.8, 4) is 0 Å². The van der Waals surface area contributed by atoms with Crippen molar-refractivity contribution in [1.29, 1.82) is 0 Å². The molecule has 1 aliphatic heterocycles. The summed E-state index contributed by atoms with van der Waals surface area (Å²) in [5.74, 6) is -0.326. The lowest BCUT2D eigenvalue weighted by Crippen LogP contribution is -2.56. The topological polar surface area (TPSA) is 492 Å². The average molecular weight is 1460 g/mol. The van der Waals surface area contributed by atoms with E-state index in [1.54, 1.807) is 48.5 Å². The summed E-state index contributed by atoms with van der Waals surface area (Å²) in [5.41, 5.74) is -11.4. The van der Waals surface area contributed by atoms with Crippen LogP contribution in [0.4, 0.5) is 4.79 Å². The van der Waals surface area contributed by atoms with Gasteiger partial charge in [-0.3, -0.25) is 9.69 Å². The van der Waals surface area contributed by atoms with Gasteiger partial charge in [0.05, 0.1) is 95.5 Å². The van der Waals surface area contributed by atoms with Crippen molar-refractivity contribution >= 4 is 11.9 Å². The Bertz CT molecular complexity index is 4340. The summed E-state index contributed by atoms with van der Waals surface area (Å²) in [6.45, 7) is 27.2. The highest BCUT2D eigenvalue weighted by molar-refractivity contribution is 6.06. The lowest BCUT2D eigenvalue weighted by molar-refractivity contribution is -0.133. The summed E-state index contributed by atoms with van der Waals surface area (Å²) in [6, 6.07) is -0.435. The van der Waals surface area contributed by atoms with Crippen LogP contribution in [0.5, 0.6) is 0 Å². The third kappa shape index (κ3) is 22.4. The van der Waals surface area contributed by atoms with Crippen LogP contribution in [0.25, 0.3) is 0 Å². The van der Waals surface area contributed by atoms with E-state index in [1.807, 2.05) is 6.92 Å². The van der Waals surface area contributed by atoms with Crippen LogP contribution in [0.15, 0.2) is 123 Å². The van der Waals surface area contributed by atoms with Crippen LogP contribution in [0.1, 0.15) is 93.9 Å². The third-order valence-corrected chi connectivity index (χ3v) is 16.1. The van der Waals surface area contributed by atoms with Crippen LogP contribution >= 0.6 is 0 Å². The molecule has 0 bridgehead atoms. The van der Waals surface area contributed by atoms with Gasteiger partial charge in [0.1, 0.15) is 5.54 Å². The predicted molar refractivity (Wildman–Crippen MR) is 379 cm³/mol. The number of rotatable bonds is 26. The molecule has 0 radical (unpaired) electrons. The van der Waals surface area contributed by atoms with Gasteiger partial charge in [-0.1, -0.05) is 65.8 Å². The Balaban J connectivity index is 0.000000623. The lowest BCUT2D eigenvalue weighted by atomic mass is 10.0. The van der Waals surface area contributed by atoms with Crippen molar-refractivity contribution in [3.63, 3.8) is 0 Å². The summed E-state index contributed by atoms with van der Waals surface area (Å²) in [6.07, 6.45) is 3.35. The smallest absolute Gasteiger partial charge is 0.336 e. The molecule has 6 rings (SSSR count). The van der Waals surface area contributed by atoms with Gasteiger partial charge in [0.25, 0.3) is 5.91 Å². The van der Waals surface area contributed by atoms with Crippen molar-refractivity contribution in [1.82, 2.24) is 78.3 Å². The molecule has 0 aliphatic carbocycles. The number of imide groups is 1. The summed E-state index contributed by atoms with van der Waals surface area (Å²) in [4.78, 5) is 202. The van der Waals surface area contributed by atoms with E-state index >= 15 is 0 Å². The van der Waals surface area contributed by atoms with Crippen LogP contribution < -0.4 is 85.3 Å². The Kier molecular flexibility index (Phi) is 36.1. The first-order valence-corrected chi connectivity index (χ1v) is 32.6. The second kappa shape index (κ2) is 41.0. The molecule has 1 saturated heterocycles. The van der Waals surface area contributed by atoms with Crippen molar-refractivity contribution < 1.29 is 40.2 Å². The molecule has 6 unspecified atom stereocenters. The second-order valence-electron chi connectivity index (χ2n) is 23.9. The zero-order valence-corrected chi connectivity index (χ0v) is 61.1. The first-order chi connectivity index (χ1) is 48.0. The monoisotopic (exact) mass is 1460 g/mol. The van der Waals surface area contributed by atoms with E-state index in [0.29, 0.717) is 38.5 Å². The number of nitrogens with zero attached hydrogens (tertiary/aromatic N) is 17. The minimum atomic E-state index is -0.972. The Morgan fingerprint density at radius 1 is 0.282 bits per heavy atom. The number of aromatic nitrogens is 15. The molecule has 40 heteroatoms. The molecule has 6 atom stereocenters. The van der Waals surface area contributed by atoms with Crippen molar-refractivity contribution in [2.24, 2.45) is 49.3 Å². The third-order valence-electron chi connectivity index (χ3n) is 16.1. The lowest BCUT2D eigenvalue weighted by Gasteiger charge is -2.29. The van der Waals surface area contributed by atoms with Crippen LogP contribution in [-0.2, 0) is 106 Å². The van der Waals surface area contributed by atoms with Gasteiger partial charge in [-0.15, -0.1) is 26.3 Å². The van der Waals surface area contributed by atoms with E-state index < -0.39 is 134 Å². The number of aliphatic hydroxyl groups excluding tert-OH is 6. The summed E-state index contributed by atoms with van der Waals surface area (Å²) in [5, 5.41) is 57.9. The van der Waals surface area contributed by atoms with E-state index in [1.165, 1.54) is 78.5 Å². The largest absolute Gasteiger partial charge is 0.391 e. The molecular formula is C63H101N17O23. The minimum absolute atomic E-state index is 0.0102. The normalized spacial score (nSPS) is 13.9. The number of urea groups is 1. The molecule has 0 aromatic carbocycles. The molecule has 6 heterocycles. The SMILES string of the molecule is C=CCn1c(=O)n(C)c(=O)n(C)c1=O.C=CCn1c(=O)n(C)c(=O)n(C)c1=O.C=CCn1c(=O)n(C)c(=O)n(C)c1=O.C=CCn1c(=O)n(CC(O)CC)c(=O)n(CC(O)CC)c1=O.CCC(O)CN1C(=O)N(CC(O)CC)C(C)(C)C1=O.CCC(O)Cn1c(=O)n(C)c(=O)n(CC(O)CC)c1=O. The van der Waals surface area contributed by atoms with Gasteiger partial charge in [-0.25, -0.2) is 145 Å². The highest BCUT2D eigenvalue weighted by Gasteiger charge is 2.51. The number of allylic oxidation sites excluding steroid dienone is 4. The summed E-state index contributed by atoms with van der Waals surface area (Å²) in [7, 11) is 9.20. The molecule has 5 aromatic rings. The fourth-order valence-electron chi connectivity index (χ4n) is 9.12. The maximum atomic E-state index is 12.3. The zero-order valence-electron chi connectivity index (χ0n) is 61.1. The van der Waals surface area contributed by atoms with Gasteiger partial charge in [-0.05, 0) is 52.4 Å². The zero-order chi connectivity index (χ0) is 79.7. The highest BCUT2D eigenvalue weighted by atomic mass is 16.3. The standard InChI is InChI=1S/C14H23N3O5.C13H24N2O4.C12H21N3O5.3C8H11N3O3/c1-4-7-15-12(20)16(8-10(18)5-2)14(22)17(13(15)21)9-11(19)6-3;1-5-9(16)7-14-11(18)13(3,4)15(12(14)19)8-10(17)6-2;1-4-8(16)6-14-10(18)13(3)11(19)15(12(14)20)7-9(17)5-2;3*1-4-5-11-7(13)9(2)6(12)10(3)8(11)14/h4,10-11,18-19H,1,5-9H2,2-3H3;9-10,16-17H,5-8H2,1-4H3;8-9,16-17H,4-7H2,1-3H3;3*4H,1,5H2,2-3H3. The molecule has 40 nitrogen and oxygen atoms in total. The molecule has 576 valence electrons. The van der Waals surface area contributed by atoms with Crippen molar-refractivity contribution in [3.05, 3.63) is 208 Å². The molecule has 1 fully saturated rings. The fraction of sp³-hybridized carbons (Fsp3) is 0.603. The molecule has 5 aromatic heterocycles. The Labute approximate surface area is 587 Å². The highest BCUT2D eigenvalue weighted by Crippen LogP contribution is 2.28. The van der Waals surface area contributed by atoms with Crippen LogP contribution in [-0.4, -0.2) is 176 Å².